The highest BCUT2D eigenvalue weighted by Gasteiger charge is 2.38. The van der Waals surface area contributed by atoms with Gasteiger partial charge < -0.3 is 9.79 Å². The van der Waals surface area contributed by atoms with Gasteiger partial charge in [-0.15, -0.1) is 0 Å². The summed E-state index contributed by atoms with van der Waals surface area (Å²) in [5, 5.41) is -0.438. The molecular formula is C15H28NO3PSi. The van der Waals surface area contributed by atoms with Crippen molar-refractivity contribution in [3.8, 4) is 0 Å². The number of nitrogens with zero attached hydrogens (tertiary/aromatic N) is 1. The number of benzene rings is 1. The zero-order valence-electron chi connectivity index (χ0n) is 13.3. The summed E-state index contributed by atoms with van der Waals surface area (Å²) >= 11 is 0. The van der Waals surface area contributed by atoms with Crippen LogP contribution >= 0.6 is 7.75 Å². The highest BCUT2D eigenvalue weighted by Crippen LogP contribution is 2.48. The minimum atomic E-state index is -4.31. The summed E-state index contributed by atoms with van der Waals surface area (Å²) < 4.78 is 13.3. The van der Waals surface area contributed by atoms with Gasteiger partial charge in [0, 0.05) is 10.8 Å². The van der Waals surface area contributed by atoms with Crippen LogP contribution in [-0.4, -0.2) is 24.5 Å². The van der Waals surface area contributed by atoms with Crippen molar-refractivity contribution in [1.82, 2.24) is 0 Å². The van der Waals surface area contributed by atoms with Gasteiger partial charge in [0.25, 0.3) is 0 Å². The highest BCUT2D eigenvalue weighted by atomic mass is 31.2. The minimum absolute atomic E-state index is 0.438. The maximum atomic E-state index is 12.0. The molecule has 0 saturated carbocycles. The number of hydrogen-bond acceptors (Lipinski definition) is 1. The zero-order chi connectivity index (χ0) is 15.9. The van der Waals surface area contributed by atoms with Gasteiger partial charge in [-0.05, 0) is 26.0 Å². The third-order valence-electron chi connectivity index (χ3n) is 3.73. The monoisotopic (exact) mass is 329 g/mol. The average Bonchev–Trinajstić information content (AvgIpc) is 2.37. The molecule has 21 heavy (non-hydrogen) atoms. The lowest BCUT2D eigenvalue weighted by molar-refractivity contribution is 0.360. The van der Waals surface area contributed by atoms with Gasteiger partial charge >= 0.3 is 7.75 Å². The lowest BCUT2D eigenvalue weighted by Gasteiger charge is -2.40. The molecular weight excluding hydrogens is 301 g/mol. The first-order chi connectivity index (χ1) is 9.79. The van der Waals surface area contributed by atoms with Crippen LogP contribution in [0.5, 0.6) is 0 Å². The quantitative estimate of drug-likeness (QED) is 0.414. The Morgan fingerprint density at radius 1 is 1.14 bits per heavy atom. The fourth-order valence-electron chi connectivity index (χ4n) is 2.69. The predicted octanol–water partition coefficient (Wildman–Crippen LogP) is 3.49. The minimum Gasteiger partial charge on any atom is -0.308 e. The van der Waals surface area contributed by atoms with Crippen molar-refractivity contribution < 1.29 is 14.4 Å². The molecule has 0 aromatic heterocycles. The molecule has 0 bridgehead atoms. The molecule has 2 N–H and O–H groups in total. The Hall–Kier alpha value is -0.613. The van der Waals surface area contributed by atoms with Crippen LogP contribution < -0.4 is 4.67 Å². The van der Waals surface area contributed by atoms with Crippen LogP contribution in [0.2, 0.25) is 6.04 Å². The molecule has 0 heterocycles. The Morgan fingerprint density at radius 3 is 2.29 bits per heavy atom. The highest BCUT2D eigenvalue weighted by molar-refractivity contribution is 7.53. The molecule has 0 fully saturated rings. The summed E-state index contributed by atoms with van der Waals surface area (Å²) in [6, 6.07) is 10.2. The second-order valence-electron chi connectivity index (χ2n) is 6.14. The Balaban J connectivity index is 2.80. The Labute approximate surface area is 130 Å². The van der Waals surface area contributed by atoms with E-state index in [1.165, 1.54) is 30.4 Å². The molecule has 0 aliphatic heterocycles. The molecule has 0 atom stereocenters. The van der Waals surface area contributed by atoms with Crippen LogP contribution in [0.1, 0.15) is 46.5 Å². The number of anilines is 1. The van der Waals surface area contributed by atoms with E-state index in [-0.39, 0.29) is 0 Å². The molecule has 0 radical (unpaired) electrons. The lowest BCUT2D eigenvalue weighted by atomic mass is 10.2. The van der Waals surface area contributed by atoms with Crippen molar-refractivity contribution in [1.29, 1.82) is 0 Å². The topological polar surface area (TPSA) is 60.8 Å². The molecule has 1 rings (SSSR count). The Bertz CT molecular complexity index is 461. The van der Waals surface area contributed by atoms with Crippen LogP contribution in [-0.2, 0) is 4.57 Å². The molecule has 1 aromatic carbocycles. The van der Waals surface area contributed by atoms with Gasteiger partial charge in [0.1, 0.15) is 0 Å². The first-order valence-corrected chi connectivity index (χ1v) is 11.0. The molecule has 0 amide bonds. The van der Waals surface area contributed by atoms with Crippen LogP contribution in [0.15, 0.2) is 30.3 Å². The molecule has 1 aromatic rings. The van der Waals surface area contributed by atoms with Gasteiger partial charge in [0.05, 0.1) is 9.52 Å². The van der Waals surface area contributed by atoms with E-state index >= 15 is 0 Å². The van der Waals surface area contributed by atoms with E-state index in [0.717, 1.165) is 6.04 Å². The number of hydrogen-bond donors (Lipinski definition) is 2. The molecule has 0 aliphatic rings. The third-order valence-corrected chi connectivity index (χ3v) is 7.68. The van der Waals surface area contributed by atoms with E-state index in [4.69, 9.17) is 0 Å². The summed E-state index contributed by atoms with van der Waals surface area (Å²) in [6.45, 7) is 6.11. The van der Waals surface area contributed by atoms with Gasteiger partial charge in [-0.2, -0.15) is 0 Å². The summed E-state index contributed by atoms with van der Waals surface area (Å²) in [7, 11) is -4.94. The van der Waals surface area contributed by atoms with Crippen molar-refractivity contribution in [3.05, 3.63) is 30.3 Å². The number of unbranched alkanes of at least 4 members (excludes halogenated alkanes) is 3. The van der Waals surface area contributed by atoms with Crippen LogP contribution in [0.3, 0.4) is 0 Å². The smallest absolute Gasteiger partial charge is 0.308 e. The second kappa shape index (κ2) is 8.13. The average molecular weight is 329 g/mol. The lowest BCUT2D eigenvalue weighted by Crippen LogP contribution is -2.46. The zero-order valence-corrected chi connectivity index (χ0v) is 15.6. The van der Waals surface area contributed by atoms with Gasteiger partial charge in [-0.1, -0.05) is 56.9 Å². The van der Waals surface area contributed by atoms with Gasteiger partial charge in [-0.25, -0.2) is 4.57 Å². The standard InChI is InChI=1S/C15H28NO3PSi/c1-4-5-6-10-13-21-15(2,3)16(20(17,18)19)14-11-8-7-9-12-14/h7-9,11-12H,4-6,10,13,21H2,1-3H3,(H2,17,18,19). The SMILES string of the molecule is CCCCCC[SiH2]C(C)(C)N(c1ccccc1)P(=O)(O)O. The third kappa shape index (κ3) is 5.95. The van der Waals surface area contributed by atoms with E-state index in [1.54, 1.807) is 12.1 Å². The molecule has 0 spiro atoms. The van der Waals surface area contributed by atoms with Gasteiger partial charge in [0.15, 0.2) is 0 Å². The largest absolute Gasteiger partial charge is 0.430 e. The molecule has 4 nitrogen and oxygen atoms in total. The van der Waals surface area contributed by atoms with Crippen molar-refractivity contribution in [2.75, 3.05) is 4.67 Å². The predicted molar refractivity (Wildman–Crippen MR) is 92.5 cm³/mol. The first kappa shape index (κ1) is 18.4. The van der Waals surface area contributed by atoms with Crippen molar-refractivity contribution in [2.45, 2.75) is 57.7 Å². The molecule has 0 saturated heterocycles. The summed E-state index contributed by atoms with van der Waals surface area (Å²) in [5.41, 5.74) is 0.608. The fourth-order valence-corrected chi connectivity index (χ4v) is 6.54. The molecule has 6 heteroatoms. The number of rotatable bonds is 9. The van der Waals surface area contributed by atoms with E-state index in [2.05, 4.69) is 6.92 Å². The fraction of sp³-hybridized carbons (Fsp3) is 0.600. The molecule has 0 aliphatic carbocycles. The van der Waals surface area contributed by atoms with Crippen molar-refractivity contribution >= 4 is 23.0 Å². The van der Waals surface area contributed by atoms with E-state index in [0.29, 0.717) is 5.69 Å². The Morgan fingerprint density at radius 2 is 1.76 bits per heavy atom. The van der Waals surface area contributed by atoms with E-state index in [9.17, 15) is 14.4 Å². The maximum Gasteiger partial charge on any atom is 0.430 e. The van der Waals surface area contributed by atoms with Gasteiger partial charge in [0.2, 0.25) is 0 Å². The van der Waals surface area contributed by atoms with Crippen LogP contribution in [0, 0.1) is 0 Å². The number of para-hydroxylation sites is 1. The van der Waals surface area contributed by atoms with Crippen molar-refractivity contribution in [2.24, 2.45) is 0 Å². The van der Waals surface area contributed by atoms with E-state index < -0.39 is 22.4 Å². The summed E-state index contributed by atoms with van der Waals surface area (Å²) in [4.78, 5) is 19.5. The second-order valence-corrected chi connectivity index (χ2v) is 10.5. The van der Waals surface area contributed by atoms with Crippen molar-refractivity contribution in [3.63, 3.8) is 0 Å². The van der Waals surface area contributed by atoms with E-state index in [1.807, 2.05) is 32.0 Å². The van der Waals surface area contributed by atoms with Gasteiger partial charge in [-0.3, -0.25) is 4.67 Å². The maximum absolute atomic E-state index is 12.0. The first-order valence-electron chi connectivity index (χ1n) is 7.70. The molecule has 120 valence electrons. The summed E-state index contributed by atoms with van der Waals surface area (Å²) in [6.07, 6.45) is 4.85. The van der Waals surface area contributed by atoms with Crippen LogP contribution in [0.25, 0.3) is 0 Å². The Kier molecular flexibility index (Phi) is 7.14. The normalized spacial score (nSPS) is 13.0. The van der Waals surface area contributed by atoms with Crippen LogP contribution in [0.4, 0.5) is 5.69 Å². The molecule has 0 unspecified atom stereocenters. The summed E-state index contributed by atoms with van der Waals surface area (Å²) in [5.74, 6) is 0.